The summed E-state index contributed by atoms with van der Waals surface area (Å²) >= 11 is 0. The summed E-state index contributed by atoms with van der Waals surface area (Å²) in [7, 11) is 5.02. The number of hydrogen-bond acceptors (Lipinski definition) is 4. The van der Waals surface area contributed by atoms with E-state index in [1.54, 1.807) is 37.2 Å². The fraction of sp³-hybridized carbons (Fsp3) is 0.467. The molecule has 1 aromatic rings. The van der Waals surface area contributed by atoms with Crippen LogP contribution in [0.1, 0.15) is 12.0 Å². The highest BCUT2D eigenvalue weighted by atomic mass is 35.7. The Labute approximate surface area is 140 Å². The summed E-state index contributed by atoms with van der Waals surface area (Å²) in [5.41, 5.74) is 1.48. The van der Waals surface area contributed by atoms with Gasteiger partial charge in [0, 0.05) is 49.3 Å². The summed E-state index contributed by atoms with van der Waals surface area (Å²) in [6, 6.07) is 7.18. The normalized spacial score (nSPS) is 18.3. The number of amides is 2. The third-order valence-corrected chi connectivity index (χ3v) is 4.96. The zero-order valence-electron chi connectivity index (χ0n) is 13.0. The molecule has 126 valence electrons. The number of rotatable bonds is 5. The van der Waals surface area contributed by atoms with E-state index in [-0.39, 0.29) is 36.3 Å². The van der Waals surface area contributed by atoms with Crippen LogP contribution >= 0.6 is 10.7 Å². The average molecular weight is 359 g/mol. The van der Waals surface area contributed by atoms with Crippen molar-refractivity contribution in [3.05, 3.63) is 29.8 Å². The second-order valence-electron chi connectivity index (χ2n) is 5.91. The smallest absolute Gasteiger partial charge is 0.232 e. The van der Waals surface area contributed by atoms with Gasteiger partial charge in [0.05, 0.1) is 12.2 Å². The van der Waals surface area contributed by atoms with Gasteiger partial charge >= 0.3 is 0 Å². The molecule has 0 radical (unpaired) electrons. The van der Waals surface area contributed by atoms with Crippen LogP contribution in [-0.2, 0) is 25.1 Å². The summed E-state index contributed by atoms with van der Waals surface area (Å²) in [6.07, 6.45) is 0.412. The van der Waals surface area contributed by atoms with Crippen molar-refractivity contribution in [1.29, 1.82) is 0 Å². The molecule has 1 aliphatic rings. The molecule has 0 saturated carbocycles. The number of halogens is 1. The van der Waals surface area contributed by atoms with Crippen molar-refractivity contribution >= 4 is 37.2 Å². The monoisotopic (exact) mass is 358 g/mol. The Balaban J connectivity index is 2.13. The van der Waals surface area contributed by atoms with Crippen molar-refractivity contribution in [1.82, 2.24) is 4.90 Å². The summed E-state index contributed by atoms with van der Waals surface area (Å²) in [5.74, 6) is -0.681. The number of carbonyl (C=O) groups excluding carboxylic acids is 2. The van der Waals surface area contributed by atoms with Crippen LogP contribution in [0.2, 0.25) is 0 Å². The molecule has 1 unspecified atom stereocenters. The zero-order valence-corrected chi connectivity index (χ0v) is 14.6. The summed E-state index contributed by atoms with van der Waals surface area (Å²) in [4.78, 5) is 27.0. The Hall–Kier alpha value is -1.60. The van der Waals surface area contributed by atoms with Crippen LogP contribution in [0.4, 0.5) is 5.69 Å². The van der Waals surface area contributed by atoms with Crippen molar-refractivity contribution in [2.45, 2.75) is 12.8 Å². The van der Waals surface area contributed by atoms with Crippen LogP contribution in [0, 0.1) is 5.92 Å². The van der Waals surface area contributed by atoms with Crippen molar-refractivity contribution in [2.75, 3.05) is 31.3 Å². The van der Waals surface area contributed by atoms with Crippen LogP contribution in [0.25, 0.3) is 0 Å². The van der Waals surface area contributed by atoms with Gasteiger partial charge in [0.25, 0.3) is 0 Å². The highest BCUT2D eigenvalue weighted by Gasteiger charge is 2.33. The first-order valence-corrected chi connectivity index (χ1v) is 9.65. The van der Waals surface area contributed by atoms with Crippen LogP contribution in [0.15, 0.2) is 24.3 Å². The second kappa shape index (κ2) is 6.88. The van der Waals surface area contributed by atoms with Gasteiger partial charge < -0.3 is 9.80 Å². The minimum atomic E-state index is -3.63. The predicted molar refractivity (Wildman–Crippen MR) is 88.9 cm³/mol. The van der Waals surface area contributed by atoms with Crippen molar-refractivity contribution in [3.63, 3.8) is 0 Å². The molecule has 6 nitrogen and oxygen atoms in total. The molecule has 2 rings (SSSR count). The number of nitrogens with zero attached hydrogens (tertiary/aromatic N) is 2. The van der Waals surface area contributed by atoms with E-state index in [1.807, 2.05) is 6.07 Å². The molecule has 23 heavy (non-hydrogen) atoms. The quantitative estimate of drug-likeness (QED) is 0.742. The number of likely N-dealkylation sites (N-methyl/N-ethyl adjacent to an activating group) is 1. The number of benzene rings is 1. The largest absolute Gasteiger partial charge is 0.349 e. The molecule has 0 aliphatic carbocycles. The summed E-state index contributed by atoms with van der Waals surface area (Å²) < 4.78 is 22.3. The maximum atomic E-state index is 12.1. The molecule has 1 saturated heterocycles. The van der Waals surface area contributed by atoms with E-state index in [1.165, 1.54) is 4.90 Å². The minimum absolute atomic E-state index is 0.0268. The Morgan fingerprint density at radius 2 is 2.09 bits per heavy atom. The van der Waals surface area contributed by atoms with Gasteiger partial charge in [-0.1, -0.05) is 12.1 Å². The second-order valence-corrected chi connectivity index (χ2v) is 8.74. The Morgan fingerprint density at radius 1 is 1.39 bits per heavy atom. The minimum Gasteiger partial charge on any atom is -0.349 e. The average Bonchev–Trinajstić information content (AvgIpc) is 2.77. The van der Waals surface area contributed by atoms with Crippen LogP contribution in [0.3, 0.4) is 0 Å². The molecule has 8 heteroatoms. The molecular formula is C15H19ClN2O4S. The van der Waals surface area contributed by atoms with E-state index in [0.29, 0.717) is 12.2 Å². The first-order valence-electron chi connectivity index (χ1n) is 7.17. The lowest BCUT2D eigenvalue weighted by molar-refractivity contribution is -0.128. The fourth-order valence-corrected chi connectivity index (χ4v) is 3.91. The van der Waals surface area contributed by atoms with Crippen LogP contribution < -0.4 is 4.90 Å². The van der Waals surface area contributed by atoms with Gasteiger partial charge in [0.2, 0.25) is 20.9 Å². The summed E-state index contributed by atoms with van der Waals surface area (Å²) in [6.45, 7) is 0.315. The zero-order chi connectivity index (χ0) is 17.2. The molecule has 0 bridgehead atoms. The lowest BCUT2D eigenvalue weighted by atomic mass is 10.1. The molecule has 1 aromatic carbocycles. The van der Waals surface area contributed by atoms with Gasteiger partial charge in [-0.25, -0.2) is 8.42 Å². The van der Waals surface area contributed by atoms with Gasteiger partial charge in [-0.3, -0.25) is 9.59 Å². The molecule has 0 N–H and O–H groups in total. The maximum Gasteiger partial charge on any atom is 0.232 e. The van der Waals surface area contributed by atoms with E-state index < -0.39 is 9.05 Å². The fourth-order valence-electron chi connectivity index (χ4n) is 2.59. The van der Waals surface area contributed by atoms with Gasteiger partial charge in [0.1, 0.15) is 0 Å². The van der Waals surface area contributed by atoms with E-state index in [2.05, 4.69) is 0 Å². The van der Waals surface area contributed by atoms with Gasteiger partial charge in [-0.15, -0.1) is 0 Å². The molecule has 0 aromatic heterocycles. The highest BCUT2D eigenvalue weighted by Crippen LogP contribution is 2.27. The van der Waals surface area contributed by atoms with E-state index in [9.17, 15) is 18.0 Å². The Kier molecular flexibility index (Phi) is 5.31. The summed E-state index contributed by atoms with van der Waals surface area (Å²) in [5, 5.41) is 0. The third kappa shape index (κ3) is 4.94. The molecule has 1 aliphatic heterocycles. The van der Waals surface area contributed by atoms with Gasteiger partial charge in [0.15, 0.2) is 0 Å². The van der Waals surface area contributed by atoms with Crippen molar-refractivity contribution in [2.24, 2.45) is 5.92 Å². The molecule has 1 fully saturated rings. The van der Waals surface area contributed by atoms with Crippen LogP contribution in [-0.4, -0.2) is 51.5 Å². The van der Waals surface area contributed by atoms with E-state index in [4.69, 9.17) is 10.7 Å². The maximum absolute atomic E-state index is 12.1. The number of hydrogen-bond donors (Lipinski definition) is 0. The SMILES string of the molecule is CN(C)C(=O)Cc1cccc(N2CC(CS(=O)(=O)Cl)CC2=O)c1. The standard InChI is InChI=1S/C15H19ClN2O4S/c1-17(2)14(19)7-11-4-3-5-13(6-11)18-9-12(8-15(18)20)10-23(16,21)22/h3-6,12H,7-10H2,1-2H3. The Bertz CT molecular complexity index is 718. The lowest BCUT2D eigenvalue weighted by Gasteiger charge is -2.18. The molecule has 0 spiro atoms. The Morgan fingerprint density at radius 3 is 2.70 bits per heavy atom. The topological polar surface area (TPSA) is 74.8 Å². The van der Waals surface area contributed by atoms with E-state index >= 15 is 0 Å². The highest BCUT2D eigenvalue weighted by molar-refractivity contribution is 8.13. The lowest BCUT2D eigenvalue weighted by Crippen LogP contribution is -2.26. The van der Waals surface area contributed by atoms with Crippen molar-refractivity contribution < 1.29 is 18.0 Å². The number of anilines is 1. The molecule has 1 heterocycles. The molecule has 2 amide bonds. The van der Waals surface area contributed by atoms with Crippen LogP contribution in [0.5, 0.6) is 0 Å². The first-order chi connectivity index (χ1) is 10.7. The number of carbonyl (C=O) groups is 2. The van der Waals surface area contributed by atoms with Gasteiger partial charge in [-0.05, 0) is 17.7 Å². The predicted octanol–water partition coefficient (Wildman–Crippen LogP) is 1.24. The third-order valence-electron chi connectivity index (χ3n) is 3.72. The van der Waals surface area contributed by atoms with Gasteiger partial charge in [-0.2, -0.15) is 0 Å². The first kappa shape index (κ1) is 17.7. The molecule has 1 atom stereocenters. The molecular weight excluding hydrogens is 340 g/mol. The van der Waals surface area contributed by atoms with E-state index in [0.717, 1.165) is 5.56 Å². The van der Waals surface area contributed by atoms with Crippen molar-refractivity contribution in [3.8, 4) is 0 Å².